The first kappa shape index (κ1) is 20.1. The Labute approximate surface area is 153 Å². The maximum Gasteiger partial charge on any atom is 0.422 e. The fourth-order valence-corrected chi connectivity index (χ4v) is 2.55. The summed E-state index contributed by atoms with van der Waals surface area (Å²) >= 11 is 0.790. The summed E-state index contributed by atoms with van der Waals surface area (Å²) in [6.45, 7) is 0. The van der Waals surface area contributed by atoms with Crippen LogP contribution in [0.2, 0.25) is 0 Å². The Bertz CT molecular complexity index is 895. The van der Waals surface area contributed by atoms with Crippen LogP contribution >= 0.6 is 11.8 Å². The lowest BCUT2D eigenvalue weighted by molar-refractivity contribution is -0.388. The van der Waals surface area contributed by atoms with Crippen LogP contribution in [0.3, 0.4) is 0 Å². The van der Waals surface area contributed by atoms with E-state index in [9.17, 15) is 32.9 Å². The summed E-state index contributed by atoms with van der Waals surface area (Å²) in [6.07, 6.45) is -2.94. The lowest BCUT2D eigenvalue weighted by Gasteiger charge is -2.07. The van der Waals surface area contributed by atoms with E-state index < -0.39 is 34.2 Å². The number of esters is 1. The summed E-state index contributed by atoms with van der Waals surface area (Å²) < 4.78 is 42.6. The van der Waals surface area contributed by atoms with Crippen molar-refractivity contribution in [2.75, 3.05) is 7.11 Å². The van der Waals surface area contributed by atoms with Gasteiger partial charge in [0, 0.05) is 17.7 Å². The van der Waals surface area contributed by atoms with Gasteiger partial charge in [-0.25, -0.2) is 4.79 Å². The van der Waals surface area contributed by atoms with Gasteiger partial charge in [-0.05, 0) is 17.8 Å². The molecule has 1 aromatic carbocycles. The van der Waals surface area contributed by atoms with Crippen molar-refractivity contribution in [1.82, 2.24) is 5.32 Å². The third kappa shape index (κ3) is 5.13. The Morgan fingerprint density at radius 1 is 1.41 bits per heavy atom. The summed E-state index contributed by atoms with van der Waals surface area (Å²) in [4.78, 5) is 32.4. The lowest BCUT2D eigenvalue weighted by Crippen LogP contribution is -2.19. The van der Waals surface area contributed by atoms with Gasteiger partial charge >= 0.3 is 12.1 Å². The number of hydrogen-bond donors (Lipinski definition) is 1. The molecule has 0 spiro atoms. The van der Waals surface area contributed by atoms with Crippen LogP contribution in [0.5, 0.6) is 0 Å². The molecule has 1 saturated heterocycles. The number of nitro groups is 1. The molecule has 0 saturated carbocycles. The van der Waals surface area contributed by atoms with E-state index in [1.165, 1.54) is 0 Å². The Hall–Kier alpha value is -3.22. The first-order valence-electron chi connectivity index (χ1n) is 6.87. The molecule has 0 radical (unpaired) electrons. The molecule has 0 aromatic heterocycles. The van der Waals surface area contributed by atoms with Crippen LogP contribution in [0.4, 0.5) is 18.9 Å². The van der Waals surface area contributed by atoms with E-state index in [0.717, 1.165) is 37.2 Å². The molecule has 27 heavy (non-hydrogen) atoms. The summed E-state index contributed by atoms with van der Waals surface area (Å²) in [6, 6.07) is 2.26. The zero-order chi connectivity index (χ0) is 20.2. The number of hydrogen-bond acceptors (Lipinski definition) is 8. The largest absolute Gasteiger partial charge is 0.466 e. The highest BCUT2D eigenvalue weighted by Gasteiger charge is 2.38. The van der Waals surface area contributed by atoms with E-state index in [1.807, 2.05) is 0 Å². The van der Waals surface area contributed by atoms with E-state index in [0.29, 0.717) is 12.1 Å². The topological polar surface area (TPSA) is 123 Å². The number of thioether (sulfide) groups is 1. The number of nitrogens with one attached hydrogen (secondary N) is 1. The van der Waals surface area contributed by atoms with Crippen LogP contribution in [0.15, 0.2) is 39.4 Å². The van der Waals surface area contributed by atoms with Crippen LogP contribution < -0.4 is 5.32 Å². The number of methoxy groups -OCH3 is 1. The van der Waals surface area contributed by atoms with E-state index in [1.54, 1.807) is 0 Å². The average molecular weight is 402 g/mol. The van der Waals surface area contributed by atoms with Crippen LogP contribution in [-0.2, 0) is 20.5 Å². The second-order valence-electron chi connectivity index (χ2n) is 4.77. The van der Waals surface area contributed by atoms with E-state index in [4.69, 9.17) is 0 Å². The smallest absolute Gasteiger partial charge is 0.422 e. The molecule has 1 fully saturated rings. The number of nitro benzene ring substituents is 1. The monoisotopic (exact) mass is 402 g/mol. The molecule has 9 nitrogen and oxygen atoms in total. The van der Waals surface area contributed by atoms with Crippen LogP contribution in [0, 0.1) is 10.1 Å². The highest BCUT2D eigenvalue weighted by Crippen LogP contribution is 2.36. The predicted octanol–water partition coefficient (Wildman–Crippen LogP) is 2.22. The quantitative estimate of drug-likeness (QED) is 0.271. The Morgan fingerprint density at radius 2 is 2.11 bits per heavy atom. The SMILES string of the molecule is COC(=O)/C=C1/S/C(=N\N=Cc2ccc(C(F)(F)F)c([N+](=O)[O-])c2)NC1=O. The summed E-state index contributed by atoms with van der Waals surface area (Å²) in [7, 11) is 1.14. The van der Waals surface area contributed by atoms with E-state index >= 15 is 0 Å². The highest BCUT2D eigenvalue weighted by molar-refractivity contribution is 8.18. The fraction of sp³-hybridized carbons (Fsp3) is 0.143. The number of alkyl halides is 3. The zero-order valence-corrected chi connectivity index (χ0v) is 14.1. The van der Waals surface area contributed by atoms with Gasteiger partial charge in [0.25, 0.3) is 11.6 Å². The van der Waals surface area contributed by atoms with Crippen molar-refractivity contribution in [2.45, 2.75) is 6.18 Å². The number of rotatable bonds is 4. The normalized spacial score (nSPS) is 17.6. The molecule has 0 bridgehead atoms. The lowest BCUT2D eigenvalue weighted by atomic mass is 10.1. The van der Waals surface area contributed by atoms with Gasteiger partial charge < -0.3 is 4.74 Å². The van der Waals surface area contributed by atoms with Crippen molar-refractivity contribution in [3.05, 3.63) is 50.4 Å². The Kier molecular flexibility index (Phi) is 5.95. The first-order chi connectivity index (χ1) is 12.6. The fourth-order valence-electron chi connectivity index (χ4n) is 1.81. The minimum absolute atomic E-state index is 0.00120. The van der Waals surface area contributed by atoms with Gasteiger partial charge in [-0.1, -0.05) is 6.07 Å². The molecule has 1 aliphatic heterocycles. The van der Waals surface area contributed by atoms with Crippen LogP contribution in [-0.4, -0.2) is 35.3 Å². The molecule has 13 heteroatoms. The predicted molar refractivity (Wildman–Crippen MR) is 89.0 cm³/mol. The third-order valence-corrected chi connectivity index (χ3v) is 3.88. The minimum atomic E-state index is -4.87. The number of amides is 1. The second-order valence-corrected chi connectivity index (χ2v) is 5.80. The molecule has 1 aliphatic rings. The number of ether oxygens (including phenoxy) is 1. The number of carbonyl (C=O) groups excluding carboxylic acids is 2. The van der Waals surface area contributed by atoms with Gasteiger partial charge in [-0.2, -0.15) is 18.3 Å². The molecule has 1 heterocycles. The van der Waals surface area contributed by atoms with Gasteiger partial charge in [-0.15, -0.1) is 5.10 Å². The standard InChI is InChI=1S/C14H9F3N4O5S/c1-26-11(22)5-10-12(23)19-13(27-10)20-18-6-7-2-3-8(14(15,16)17)9(4-7)21(24)25/h2-6H,1H3,(H,19,20,23)/b10-5+,18-6?. The summed E-state index contributed by atoms with van der Waals surface area (Å²) in [5.74, 6) is -1.35. The molecule has 2 rings (SSSR count). The Morgan fingerprint density at radius 3 is 2.70 bits per heavy atom. The van der Waals surface area contributed by atoms with Crippen LogP contribution in [0.25, 0.3) is 0 Å². The van der Waals surface area contributed by atoms with E-state index in [2.05, 4.69) is 20.3 Å². The van der Waals surface area contributed by atoms with E-state index in [-0.39, 0.29) is 15.6 Å². The molecule has 0 unspecified atom stereocenters. The molecule has 1 amide bonds. The van der Waals surface area contributed by atoms with Crippen molar-refractivity contribution in [3.8, 4) is 0 Å². The highest BCUT2D eigenvalue weighted by atomic mass is 32.2. The molecule has 0 aliphatic carbocycles. The van der Waals surface area contributed by atoms with Crippen molar-refractivity contribution in [3.63, 3.8) is 0 Å². The summed E-state index contributed by atoms with van der Waals surface area (Å²) in [5, 5.41) is 20.3. The minimum Gasteiger partial charge on any atom is -0.466 e. The molecule has 1 aromatic rings. The first-order valence-corrected chi connectivity index (χ1v) is 7.69. The Balaban J connectivity index is 2.19. The molecule has 0 atom stereocenters. The van der Waals surface area contributed by atoms with Crippen molar-refractivity contribution < 1.29 is 32.4 Å². The number of carbonyl (C=O) groups is 2. The molecule has 142 valence electrons. The van der Waals surface area contributed by atoms with Gasteiger partial charge in [0.05, 0.1) is 23.2 Å². The molecule has 1 N–H and O–H groups in total. The second kappa shape index (κ2) is 7.99. The van der Waals surface area contributed by atoms with Crippen LogP contribution in [0.1, 0.15) is 11.1 Å². The summed E-state index contributed by atoms with van der Waals surface area (Å²) in [5.41, 5.74) is -2.50. The van der Waals surface area contributed by atoms with Gasteiger partial charge in [0.1, 0.15) is 5.56 Å². The van der Waals surface area contributed by atoms with Crippen molar-refractivity contribution in [1.29, 1.82) is 0 Å². The van der Waals surface area contributed by atoms with Crippen molar-refractivity contribution >= 4 is 40.7 Å². The maximum absolute atomic E-state index is 12.7. The number of amidine groups is 1. The molecular weight excluding hydrogens is 393 g/mol. The number of benzene rings is 1. The van der Waals surface area contributed by atoms with Crippen molar-refractivity contribution in [2.24, 2.45) is 10.2 Å². The zero-order valence-electron chi connectivity index (χ0n) is 13.3. The number of nitrogens with zero attached hydrogens (tertiary/aromatic N) is 3. The van der Waals surface area contributed by atoms with Gasteiger partial charge in [-0.3, -0.25) is 20.2 Å². The van der Waals surface area contributed by atoms with Gasteiger partial charge in [0.15, 0.2) is 5.17 Å². The third-order valence-electron chi connectivity index (χ3n) is 2.98. The maximum atomic E-state index is 12.7. The molecular formula is C14H9F3N4O5S. The number of halogens is 3. The average Bonchev–Trinajstić information content (AvgIpc) is 2.93. The van der Waals surface area contributed by atoms with Gasteiger partial charge in [0.2, 0.25) is 0 Å².